The number of likely N-dealkylation sites (tertiary alicyclic amines) is 1. The number of fused-ring (bicyclic) bond motifs is 2. The number of amides is 1. The molecule has 3 N–H and O–H groups in total. The fourth-order valence-electron chi connectivity index (χ4n) is 4.16. The third-order valence-corrected chi connectivity index (χ3v) is 6.97. The number of aromatic nitrogens is 2. The summed E-state index contributed by atoms with van der Waals surface area (Å²) >= 11 is 1.54. The first-order valence-corrected chi connectivity index (χ1v) is 11.7. The van der Waals surface area contributed by atoms with Crippen LogP contribution in [-0.2, 0) is 0 Å². The molecule has 0 aliphatic carbocycles. The Labute approximate surface area is 185 Å². The second-order valence-electron chi connectivity index (χ2n) is 8.17. The van der Waals surface area contributed by atoms with Crippen molar-refractivity contribution in [2.24, 2.45) is 0 Å². The Morgan fingerprint density at radius 3 is 2.87 bits per heavy atom. The van der Waals surface area contributed by atoms with E-state index in [1.165, 1.54) is 12.8 Å². The van der Waals surface area contributed by atoms with E-state index in [1.807, 2.05) is 30.3 Å². The number of hydrogen-bond acceptors (Lipinski definition) is 5. The zero-order chi connectivity index (χ0) is 21.2. The van der Waals surface area contributed by atoms with Crippen molar-refractivity contribution >= 4 is 44.1 Å². The Bertz CT molecular complexity index is 1170. The molecule has 4 aromatic rings. The highest BCUT2D eigenvalue weighted by atomic mass is 32.1. The molecular formula is C24H27N5OS. The number of anilines is 1. The molecule has 0 spiro atoms. The summed E-state index contributed by atoms with van der Waals surface area (Å²) in [5.41, 5.74) is 3.03. The van der Waals surface area contributed by atoms with Gasteiger partial charge >= 0.3 is 0 Å². The van der Waals surface area contributed by atoms with E-state index in [0.717, 1.165) is 57.1 Å². The number of nitrogens with one attached hydrogen (secondary N) is 3. The topological polar surface area (TPSA) is 73.1 Å². The number of para-hydroxylation sites is 2. The average Bonchev–Trinajstić information content (AvgIpc) is 3.52. The van der Waals surface area contributed by atoms with Crippen LogP contribution in [-0.4, -0.2) is 47.0 Å². The van der Waals surface area contributed by atoms with Crippen LogP contribution in [0, 0.1) is 0 Å². The first-order chi connectivity index (χ1) is 15.2. The van der Waals surface area contributed by atoms with Crippen LogP contribution in [0.1, 0.15) is 41.3 Å². The molecule has 2 aromatic heterocycles. The number of hydrogen-bond donors (Lipinski definition) is 3. The summed E-state index contributed by atoms with van der Waals surface area (Å²) in [6.07, 6.45) is 2.55. The monoisotopic (exact) mass is 433 g/mol. The predicted molar refractivity (Wildman–Crippen MR) is 128 cm³/mol. The van der Waals surface area contributed by atoms with Crippen LogP contribution < -0.4 is 10.6 Å². The molecule has 160 valence electrons. The minimum absolute atomic E-state index is 0.0190. The number of rotatable bonds is 7. The van der Waals surface area contributed by atoms with Crippen molar-refractivity contribution < 1.29 is 4.79 Å². The highest BCUT2D eigenvalue weighted by Gasteiger charge is 2.15. The third kappa shape index (κ3) is 4.43. The minimum atomic E-state index is 0.0190. The summed E-state index contributed by atoms with van der Waals surface area (Å²) in [7, 11) is 0. The maximum Gasteiger partial charge on any atom is 0.261 e. The van der Waals surface area contributed by atoms with Crippen LogP contribution in [0.4, 0.5) is 5.69 Å². The Hall–Kier alpha value is -2.90. The van der Waals surface area contributed by atoms with E-state index < -0.39 is 0 Å². The molecule has 2 aromatic carbocycles. The van der Waals surface area contributed by atoms with Crippen molar-refractivity contribution in [3.8, 4) is 0 Å². The molecule has 7 heteroatoms. The molecule has 3 heterocycles. The highest BCUT2D eigenvalue weighted by Crippen LogP contribution is 2.29. The van der Waals surface area contributed by atoms with Gasteiger partial charge in [0.05, 0.1) is 22.0 Å². The molecule has 0 saturated carbocycles. The molecular weight excluding hydrogens is 406 g/mol. The van der Waals surface area contributed by atoms with Crippen molar-refractivity contribution in [3.63, 3.8) is 0 Å². The van der Waals surface area contributed by atoms with Gasteiger partial charge in [0.25, 0.3) is 5.91 Å². The second kappa shape index (κ2) is 8.69. The van der Waals surface area contributed by atoms with E-state index in [9.17, 15) is 4.79 Å². The van der Waals surface area contributed by atoms with Crippen molar-refractivity contribution in [1.29, 1.82) is 0 Å². The van der Waals surface area contributed by atoms with Gasteiger partial charge < -0.3 is 20.5 Å². The van der Waals surface area contributed by atoms with Crippen molar-refractivity contribution in [3.05, 3.63) is 59.2 Å². The fraction of sp³-hybridized carbons (Fsp3) is 0.333. The van der Waals surface area contributed by atoms with Crippen LogP contribution in [0.5, 0.6) is 0 Å². The van der Waals surface area contributed by atoms with E-state index in [1.54, 1.807) is 11.3 Å². The fourth-order valence-corrected chi connectivity index (χ4v) is 5.12. The number of imidazole rings is 1. The Balaban J connectivity index is 1.24. The zero-order valence-electron chi connectivity index (χ0n) is 17.6. The van der Waals surface area contributed by atoms with E-state index >= 15 is 0 Å². The minimum Gasteiger partial charge on any atom is -0.375 e. The Morgan fingerprint density at radius 1 is 1.19 bits per heavy atom. The summed E-state index contributed by atoms with van der Waals surface area (Å²) < 4.78 is 1.12. The summed E-state index contributed by atoms with van der Waals surface area (Å²) in [5, 5.41) is 7.67. The second-order valence-corrected chi connectivity index (χ2v) is 9.26. The smallest absolute Gasteiger partial charge is 0.261 e. The maximum absolute atomic E-state index is 12.6. The molecule has 0 bridgehead atoms. The standard InChI is InChI=1S/C24H27N5OS/c1-16(23-27-19-6-2-3-7-20(19)28-23)26-18-8-9-21-17(14-18)15-22(31-21)24(30)25-10-13-29-11-4-5-12-29/h2-3,6-9,14-16,26H,4-5,10-13H2,1H3,(H,25,30)(H,27,28). The van der Waals surface area contributed by atoms with Gasteiger partial charge in [-0.2, -0.15) is 0 Å². The van der Waals surface area contributed by atoms with Crippen LogP contribution in [0.25, 0.3) is 21.1 Å². The lowest BCUT2D eigenvalue weighted by atomic mass is 10.2. The van der Waals surface area contributed by atoms with E-state index in [0.29, 0.717) is 6.54 Å². The van der Waals surface area contributed by atoms with E-state index in [2.05, 4.69) is 50.6 Å². The van der Waals surface area contributed by atoms with Gasteiger partial charge in [-0.15, -0.1) is 11.3 Å². The summed E-state index contributed by atoms with van der Waals surface area (Å²) in [4.78, 5) is 23.8. The van der Waals surface area contributed by atoms with E-state index in [-0.39, 0.29) is 11.9 Å². The van der Waals surface area contributed by atoms with Crippen LogP contribution in [0.15, 0.2) is 48.5 Å². The number of thiophene rings is 1. The van der Waals surface area contributed by atoms with Crippen LogP contribution >= 0.6 is 11.3 Å². The molecule has 1 unspecified atom stereocenters. The molecule has 1 fully saturated rings. The molecule has 1 amide bonds. The number of carbonyl (C=O) groups excluding carboxylic acids is 1. The Kier molecular flexibility index (Phi) is 5.61. The molecule has 5 rings (SSSR count). The van der Waals surface area contributed by atoms with Gasteiger partial charge in [0.1, 0.15) is 5.82 Å². The predicted octanol–water partition coefficient (Wildman–Crippen LogP) is 4.78. The molecule has 1 atom stereocenters. The average molecular weight is 434 g/mol. The van der Waals surface area contributed by atoms with Gasteiger partial charge in [-0.05, 0) is 74.6 Å². The normalized spacial score (nSPS) is 15.5. The number of carbonyl (C=O) groups is 1. The maximum atomic E-state index is 12.6. The van der Waals surface area contributed by atoms with Crippen LogP contribution in [0.3, 0.4) is 0 Å². The van der Waals surface area contributed by atoms with Gasteiger partial charge in [-0.1, -0.05) is 12.1 Å². The van der Waals surface area contributed by atoms with Gasteiger partial charge in [0, 0.05) is 23.5 Å². The lowest BCUT2D eigenvalue weighted by molar-refractivity contribution is 0.0954. The van der Waals surface area contributed by atoms with Gasteiger partial charge in [0.15, 0.2) is 0 Å². The summed E-state index contributed by atoms with van der Waals surface area (Å²) in [6.45, 7) is 6.04. The molecule has 31 heavy (non-hydrogen) atoms. The number of nitrogens with zero attached hydrogens (tertiary/aromatic N) is 2. The van der Waals surface area contributed by atoms with Crippen LogP contribution in [0.2, 0.25) is 0 Å². The highest BCUT2D eigenvalue weighted by molar-refractivity contribution is 7.20. The Morgan fingerprint density at radius 2 is 2.03 bits per heavy atom. The first-order valence-electron chi connectivity index (χ1n) is 10.9. The van der Waals surface area contributed by atoms with Gasteiger partial charge in [-0.3, -0.25) is 4.79 Å². The molecule has 1 aliphatic rings. The summed E-state index contributed by atoms with van der Waals surface area (Å²) in [5.74, 6) is 0.926. The largest absolute Gasteiger partial charge is 0.375 e. The lowest BCUT2D eigenvalue weighted by Gasteiger charge is -2.14. The first kappa shape index (κ1) is 20.0. The van der Waals surface area contributed by atoms with E-state index in [4.69, 9.17) is 0 Å². The van der Waals surface area contributed by atoms with Gasteiger partial charge in [-0.25, -0.2) is 4.98 Å². The van der Waals surface area contributed by atoms with Gasteiger partial charge in [0.2, 0.25) is 0 Å². The van der Waals surface area contributed by atoms with Crippen molar-refractivity contribution in [1.82, 2.24) is 20.2 Å². The third-order valence-electron chi connectivity index (χ3n) is 5.85. The molecule has 0 radical (unpaired) electrons. The zero-order valence-corrected chi connectivity index (χ0v) is 18.5. The summed E-state index contributed by atoms with van der Waals surface area (Å²) in [6, 6.07) is 16.3. The number of H-pyrrole nitrogens is 1. The molecule has 1 saturated heterocycles. The van der Waals surface area contributed by atoms with Crippen molar-refractivity contribution in [2.45, 2.75) is 25.8 Å². The number of benzene rings is 2. The quantitative estimate of drug-likeness (QED) is 0.392. The number of aromatic amines is 1. The lowest BCUT2D eigenvalue weighted by Crippen LogP contribution is -2.33. The SMILES string of the molecule is CC(Nc1ccc2sc(C(=O)NCCN3CCCC3)cc2c1)c1nc2ccccc2[nH]1. The van der Waals surface area contributed by atoms with Crippen molar-refractivity contribution in [2.75, 3.05) is 31.5 Å². The molecule has 1 aliphatic heterocycles. The molecule has 6 nitrogen and oxygen atoms in total.